The molecule has 0 aliphatic carbocycles. The fraction of sp³-hybridized carbons (Fsp3) is 0.231. The number of nitrogens with one attached hydrogen (secondary N) is 1. The lowest BCUT2D eigenvalue weighted by Crippen LogP contribution is -2.38. The van der Waals surface area contributed by atoms with Gasteiger partial charge in [0.05, 0.1) is 0 Å². The minimum absolute atomic E-state index is 0.240. The van der Waals surface area contributed by atoms with Crippen LogP contribution >= 0.6 is 0 Å². The molecule has 1 aliphatic heterocycles. The molecule has 5 nitrogen and oxygen atoms in total. The van der Waals surface area contributed by atoms with Gasteiger partial charge in [-0.2, -0.15) is 0 Å². The number of carbonyl (C=O) groups is 1. The standard InChI is InChI=1S/C13H15N3O2/c1-2-16-9-8-11(15-13(16)18)14-12(17)10-6-4-3-5-7-10/h3-9,13,18H,2H2,1H3,(H,14,15,17). The van der Waals surface area contributed by atoms with Gasteiger partial charge in [-0.05, 0) is 25.1 Å². The molecule has 2 N–H and O–H groups in total. The van der Waals surface area contributed by atoms with Crippen molar-refractivity contribution in [1.82, 2.24) is 10.2 Å². The van der Waals surface area contributed by atoms with Crippen LogP contribution in [0.15, 0.2) is 47.6 Å². The monoisotopic (exact) mass is 245 g/mol. The number of amides is 1. The SMILES string of the molecule is CCN1C=CC(NC(=O)c2ccccc2)=NC1O. The third-order valence-corrected chi connectivity index (χ3v) is 2.62. The number of benzene rings is 1. The van der Waals surface area contributed by atoms with E-state index in [1.54, 1.807) is 41.4 Å². The molecule has 0 bridgehead atoms. The summed E-state index contributed by atoms with van der Waals surface area (Å²) in [7, 11) is 0. The number of aliphatic hydroxyl groups excluding tert-OH is 1. The molecule has 0 radical (unpaired) electrons. The molecule has 2 rings (SSSR count). The van der Waals surface area contributed by atoms with Crippen LogP contribution in [0.2, 0.25) is 0 Å². The van der Waals surface area contributed by atoms with E-state index in [2.05, 4.69) is 10.3 Å². The van der Waals surface area contributed by atoms with E-state index < -0.39 is 6.35 Å². The van der Waals surface area contributed by atoms with Crippen LogP contribution in [0.1, 0.15) is 17.3 Å². The molecule has 94 valence electrons. The number of carbonyl (C=O) groups excluding carboxylic acids is 1. The van der Waals surface area contributed by atoms with Gasteiger partial charge in [0.2, 0.25) is 6.35 Å². The highest BCUT2D eigenvalue weighted by molar-refractivity contribution is 6.10. The third kappa shape index (κ3) is 2.75. The number of aliphatic hydroxyl groups is 1. The Hall–Kier alpha value is -2.14. The molecular weight excluding hydrogens is 230 g/mol. The predicted molar refractivity (Wildman–Crippen MR) is 68.9 cm³/mol. The first-order chi connectivity index (χ1) is 8.70. The Kier molecular flexibility index (Phi) is 3.74. The van der Waals surface area contributed by atoms with Gasteiger partial charge in [0.15, 0.2) is 0 Å². The minimum atomic E-state index is -0.939. The number of rotatable bonds is 2. The maximum absolute atomic E-state index is 11.8. The third-order valence-electron chi connectivity index (χ3n) is 2.62. The van der Waals surface area contributed by atoms with Crippen LogP contribution in [0, 0.1) is 0 Å². The topological polar surface area (TPSA) is 64.9 Å². The molecule has 0 saturated heterocycles. The fourth-order valence-electron chi connectivity index (χ4n) is 1.61. The van der Waals surface area contributed by atoms with Crippen molar-refractivity contribution in [3.63, 3.8) is 0 Å². The second kappa shape index (κ2) is 5.46. The molecule has 0 fully saturated rings. The zero-order valence-electron chi connectivity index (χ0n) is 10.1. The van der Waals surface area contributed by atoms with E-state index in [9.17, 15) is 9.90 Å². The van der Waals surface area contributed by atoms with Crippen LogP contribution in [0.5, 0.6) is 0 Å². The Morgan fingerprint density at radius 3 is 2.78 bits per heavy atom. The normalized spacial score (nSPS) is 18.4. The molecule has 1 heterocycles. The van der Waals surface area contributed by atoms with Crippen molar-refractivity contribution >= 4 is 11.7 Å². The van der Waals surface area contributed by atoms with Crippen molar-refractivity contribution in [3.05, 3.63) is 48.2 Å². The molecule has 5 heteroatoms. The molecule has 0 saturated carbocycles. The first kappa shape index (κ1) is 12.3. The molecule has 0 aromatic heterocycles. The van der Waals surface area contributed by atoms with Crippen molar-refractivity contribution in [2.45, 2.75) is 13.3 Å². The number of amidine groups is 1. The highest BCUT2D eigenvalue weighted by Gasteiger charge is 2.15. The second-order valence-electron chi connectivity index (χ2n) is 3.83. The van der Waals surface area contributed by atoms with E-state index in [-0.39, 0.29) is 5.91 Å². The zero-order valence-corrected chi connectivity index (χ0v) is 10.1. The average Bonchev–Trinajstić information content (AvgIpc) is 2.40. The van der Waals surface area contributed by atoms with Crippen LogP contribution in [0.4, 0.5) is 0 Å². The summed E-state index contributed by atoms with van der Waals surface area (Å²) in [6.45, 7) is 2.57. The lowest BCUT2D eigenvalue weighted by molar-refractivity contribution is 0.0473. The molecule has 1 aliphatic rings. The van der Waals surface area contributed by atoms with Crippen molar-refractivity contribution in [1.29, 1.82) is 0 Å². The Morgan fingerprint density at radius 2 is 2.17 bits per heavy atom. The lowest BCUT2D eigenvalue weighted by atomic mass is 10.2. The predicted octanol–water partition coefficient (Wildman–Crippen LogP) is 0.940. The first-order valence-electron chi connectivity index (χ1n) is 5.77. The molecule has 1 atom stereocenters. The van der Waals surface area contributed by atoms with E-state index in [0.717, 1.165) is 0 Å². The Morgan fingerprint density at radius 1 is 1.44 bits per heavy atom. The maximum Gasteiger partial charge on any atom is 0.256 e. The molecule has 1 aromatic carbocycles. The molecular formula is C13H15N3O2. The van der Waals surface area contributed by atoms with Crippen molar-refractivity contribution < 1.29 is 9.90 Å². The van der Waals surface area contributed by atoms with Crippen LogP contribution in [-0.4, -0.2) is 34.6 Å². The second-order valence-corrected chi connectivity index (χ2v) is 3.83. The molecule has 18 heavy (non-hydrogen) atoms. The smallest absolute Gasteiger partial charge is 0.256 e. The number of hydrogen-bond acceptors (Lipinski definition) is 4. The van der Waals surface area contributed by atoms with Gasteiger partial charge in [-0.15, -0.1) is 0 Å². The van der Waals surface area contributed by atoms with E-state index in [1.165, 1.54) is 0 Å². The number of aliphatic imine (C=N–C) groups is 1. The Bertz CT molecular complexity index is 482. The summed E-state index contributed by atoms with van der Waals surface area (Å²) in [4.78, 5) is 17.5. The zero-order chi connectivity index (χ0) is 13.0. The number of nitrogens with zero attached hydrogens (tertiary/aromatic N) is 2. The molecule has 1 aromatic rings. The summed E-state index contributed by atoms with van der Waals surface area (Å²) in [5.41, 5.74) is 0.556. The van der Waals surface area contributed by atoms with E-state index in [1.807, 2.05) is 13.0 Å². The van der Waals surface area contributed by atoms with Gasteiger partial charge >= 0.3 is 0 Å². The van der Waals surface area contributed by atoms with E-state index in [0.29, 0.717) is 17.9 Å². The highest BCUT2D eigenvalue weighted by Crippen LogP contribution is 2.05. The maximum atomic E-state index is 11.8. The van der Waals surface area contributed by atoms with Gasteiger partial charge in [0.25, 0.3) is 5.91 Å². The van der Waals surface area contributed by atoms with Gasteiger partial charge in [-0.25, -0.2) is 4.99 Å². The van der Waals surface area contributed by atoms with Gasteiger partial charge in [0.1, 0.15) is 5.84 Å². The van der Waals surface area contributed by atoms with E-state index in [4.69, 9.17) is 0 Å². The minimum Gasteiger partial charge on any atom is -0.355 e. The molecule has 1 amide bonds. The Labute approximate surface area is 105 Å². The van der Waals surface area contributed by atoms with Gasteiger partial charge in [-0.3, -0.25) is 4.79 Å². The average molecular weight is 245 g/mol. The summed E-state index contributed by atoms with van der Waals surface area (Å²) in [5, 5.41) is 12.3. The summed E-state index contributed by atoms with van der Waals surface area (Å²) in [6.07, 6.45) is 2.43. The van der Waals surface area contributed by atoms with E-state index >= 15 is 0 Å². The van der Waals surface area contributed by atoms with Crippen molar-refractivity contribution in [2.75, 3.05) is 6.54 Å². The first-order valence-corrected chi connectivity index (χ1v) is 5.77. The van der Waals surface area contributed by atoms with Crippen LogP contribution < -0.4 is 5.32 Å². The van der Waals surface area contributed by atoms with Gasteiger partial charge in [-0.1, -0.05) is 18.2 Å². The largest absolute Gasteiger partial charge is 0.355 e. The molecule has 1 unspecified atom stereocenters. The lowest BCUT2D eigenvalue weighted by Gasteiger charge is -2.25. The van der Waals surface area contributed by atoms with Crippen molar-refractivity contribution in [2.24, 2.45) is 4.99 Å². The van der Waals surface area contributed by atoms with Crippen LogP contribution in [0.25, 0.3) is 0 Å². The molecule has 0 spiro atoms. The van der Waals surface area contributed by atoms with Crippen LogP contribution in [0.3, 0.4) is 0 Å². The fourth-order valence-corrected chi connectivity index (χ4v) is 1.61. The highest BCUT2D eigenvalue weighted by atomic mass is 16.3. The quantitative estimate of drug-likeness (QED) is 0.815. The Balaban J connectivity index is 2.04. The van der Waals surface area contributed by atoms with Gasteiger partial charge in [0, 0.05) is 18.3 Å². The van der Waals surface area contributed by atoms with Crippen LogP contribution in [-0.2, 0) is 0 Å². The summed E-state index contributed by atoms with van der Waals surface area (Å²) < 4.78 is 0. The summed E-state index contributed by atoms with van der Waals surface area (Å²) >= 11 is 0. The van der Waals surface area contributed by atoms with Crippen molar-refractivity contribution in [3.8, 4) is 0 Å². The number of hydrogen-bond donors (Lipinski definition) is 2. The summed E-state index contributed by atoms with van der Waals surface area (Å²) in [5.74, 6) is 0.122. The summed E-state index contributed by atoms with van der Waals surface area (Å²) in [6, 6.07) is 8.87. The van der Waals surface area contributed by atoms with Gasteiger partial charge < -0.3 is 15.3 Å².